The Morgan fingerprint density at radius 3 is 2.00 bits per heavy atom. The van der Waals surface area contributed by atoms with Gasteiger partial charge in [-0.3, -0.25) is 4.90 Å². The van der Waals surface area contributed by atoms with Crippen LogP contribution in [0.3, 0.4) is 0 Å². The van der Waals surface area contributed by atoms with E-state index in [1.807, 2.05) is 12.1 Å². The molecule has 1 aromatic heterocycles. The summed E-state index contributed by atoms with van der Waals surface area (Å²) in [6.45, 7) is 4.83. The summed E-state index contributed by atoms with van der Waals surface area (Å²) < 4.78 is 0. The molecule has 1 N–H and O–H groups in total. The van der Waals surface area contributed by atoms with E-state index < -0.39 is 0 Å². The molecule has 0 amide bonds. The molecule has 0 aliphatic carbocycles. The number of nitrogens with zero attached hydrogens (tertiary/aromatic N) is 4. The van der Waals surface area contributed by atoms with E-state index in [4.69, 9.17) is 28.9 Å². The fourth-order valence-electron chi connectivity index (χ4n) is 2.65. The average molecular weight is 578 g/mol. The first kappa shape index (κ1) is 20.4. The van der Waals surface area contributed by atoms with Crippen LogP contribution in [0, 0.1) is 44.1 Å². The van der Waals surface area contributed by atoms with Gasteiger partial charge in [-0.25, -0.2) is 9.97 Å². The second-order valence-electron chi connectivity index (χ2n) is 5.57. The molecule has 1 aliphatic rings. The van der Waals surface area contributed by atoms with Crippen molar-refractivity contribution in [1.82, 2.24) is 14.9 Å². The quantitative estimate of drug-likeness (QED) is 0.521. The molecule has 0 spiro atoms. The maximum Gasteiger partial charge on any atom is 0.228 e. The van der Waals surface area contributed by atoms with Gasteiger partial charge in [0.15, 0.2) is 0 Å². The second kappa shape index (κ2) is 9.66. The molecule has 24 heavy (non-hydrogen) atoms. The van der Waals surface area contributed by atoms with Gasteiger partial charge in [-0.1, -0.05) is 53.0 Å². The average Bonchev–Trinajstić information content (AvgIpc) is 2.55. The minimum atomic E-state index is 0. The van der Waals surface area contributed by atoms with Crippen LogP contribution in [0.2, 0.25) is 10.3 Å². The first-order valence-corrected chi connectivity index (χ1v) is 8.29. The Bertz CT molecular complexity index is 640. The number of aromatic nitrogens is 2. The number of nitrogens with one attached hydrogen (secondary N) is 1. The zero-order chi connectivity index (χ0) is 16.2. The Balaban J connectivity index is 0.00000208. The summed E-state index contributed by atoms with van der Waals surface area (Å²) in [5, 5.41) is 0.744. The number of piperazine rings is 1. The molecule has 3 rings (SSSR count). The summed E-state index contributed by atoms with van der Waals surface area (Å²) in [5.74, 6) is 0.599. The standard InChI is InChI=1S/C16H18Cl2N5.Ac/c17-14-9-15(18)21-16(20-14)23-7-5-22(6-8-23)11-13-3-1-12(10-19)2-4-13;/h1-4,9,19H,5-8,10-11H2;/q-1;. The van der Waals surface area contributed by atoms with Gasteiger partial charge in [0.1, 0.15) is 10.3 Å². The van der Waals surface area contributed by atoms with Gasteiger partial charge in [-0.15, -0.1) is 6.54 Å². The monoisotopic (exact) mass is 577 g/mol. The molecule has 0 unspecified atom stereocenters. The molecule has 0 atom stereocenters. The molecule has 1 radical (unpaired) electrons. The first-order chi connectivity index (χ1) is 11.1. The van der Waals surface area contributed by atoms with E-state index in [0.29, 0.717) is 22.8 Å². The maximum atomic E-state index is 7.35. The van der Waals surface area contributed by atoms with Crippen molar-refractivity contribution in [3.63, 3.8) is 0 Å². The molecule has 0 bridgehead atoms. The first-order valence-electron chi connectivity index (χ1n) is 7.54. The SMILES string of the molecule is [Ac].[NH-]Cc1ccc(CN2CCN(c3nc(Cl)cc(Cl)n3)CC2)cc1. The van der Waals surface area contributed by atoms with Gasteiger partial charge < -0.3 is 10.6 Å². The maximum absolute atomic E-state index is 7.35. The van der Waals surface area contributed by atoms with Crippen LogP contribution in [-0.2, 0) is 13.1 Å². The molecular weight excluding hydrogens is 560 g/mol. The number of anilines is 1. The van der Waals surface area contributed by atoms with Crippen molar-refractivity contribution in [2.45, 2.75) is 13.1 Å². The molecular formula is C16H18AcCl2N5-. The minimum absolute atomic E-state index is 0. The van der Waals surface area contributed by atoms with E-state index in [1.165, 1.54) is 5.56 Å². The Morgan fingerprint density at radius 1 is 0.917 bits per heavy atom. The summed E-state index contributed by atoms with van der Waals surface area (Å²) in [6.07, 6.45) is 0. The molecule has 1 fully saturated rings. The molecule has 2 aromatic rings. The Labute approximate surface area is 188 Å². The van der Waals surface area contributed by atoms with Crippen LogP contribution in [0.15, 0.2) is 30.3 Å². The van der Waals surface area contributed by atoms with Crippen LogP contribution in [0.25, 0.3) is 5.73 Å². The van der Waals surface area contributed by atoms with Gasteiger partial charge in [0.05, 0.1) is 0 Å². The van der Waals surface area contributed by atoms with E-state index in [1.54, 1.807) is 6.07 Å². The van der Waals surface area contributed by atoms with Crippen molar-refractivity contribution in [1.29, 1.82) is 0 Å². The van der Waals surface area contributed by atoms with Crippen LogP contribution in [-0.4, -0.2) is 41.0 Å². The van der Waals surface area contributed by atoms with Crippen molar-refractivity contribution < 1.29 is 44.1 Å². The Kier molecular flexibility index (Phi) is 8.19. The summed E-state index contributed by atoms with van der Waals surface area (Å²) >= 11 is 11.9. The minimum Gasteiger partial charge on any atom is -0.674 e. The topological polar surface area (TPSA) is 56.1 Å². The van der Waals surface area contributed by atoms with Crippen LogP contribution < -0.4 is 4.90 Å². The van der Waals surface area contributed by atoms with Crippen LogP contribution >= 0.6 is 23.2 Å². The van der Waals surface area contributed by atoms with Crippen molar-refractivity contribution in [2.24, 2.45) is 0 Å². The van der Waals surface area contributed by atoms with E-state index in [-0.39, 0.29) is 44.1 Å². The summed E-state index contributed by atoms with van der Waals surface area (Å²) in [7, 11) is 0. The van der Waals surface area contributed by atoms with Gasteiger partial charge >= 0.3 is 0 Å². The van der Waals surface area contributed by atoms with Crippen molar-refractivity contribution in [3.8, 4) is 0 Å². The third-order valence-electron chi connectivity index (χ3n) is 3.94. The molecule has 8 heteroatoms. The molecule has 125 valence electrons. The number of hydrogen-bond acceptors (Lipinski definition) is 4. The van der Waals surface area contributed by atoms with E-state index in [9.17, 15) is 0 Å². The van der Waals surface area contributed by atoms with E-state index in [2.05, 4.69) is 31.9 Å². The largest absolute Gasteiger partial charge is 0.674 e. The summed E-state index contributed by atoms with van der Waals surface area (Å²) in [5.41, 5.74) is 9.68. The number of hydrogen-bond donors (Lipinski definition) is 0. The number of rotatable bonds is 4. The second-order valence-corrected chi connectivity index (χ2v) is 6.34. The summed E-state index contributed by atoms with van der Waals surface area (Å²) in [4.78, 5) is 13.0. The zero-order valence-corrected chi connectivity index (χ0v) is 19.5. The van der Waals surface area contributed by atoms with Gasteiger partial charge in [0.25, 0.3) is 0 Å². The number of benzene rings is 1. The van der Waals surface area contributed by atoms with Crippen LogP contribution in [0.5, 0.6) is 0 Å². The molecule has 2 heterocycles. The van der Waals surface area contributed by atoms with Gasteiger partial charge in [-0.05, 0) is 5.56 Å². The predicted molar refractivity (Wildman–Crippen MR) is 94.0 cm³/mol. The van der Waals surface area contributed by atoms with E-state index in [0.717, 1.165) is 38.3 Å². The van der Waals surface area contributed by atoms with Gasteiger partial charge in [0, 0.05) is 82.9 Å². The Morgan fingerprint density at radius 2 is 1.46 bits per heavy atom. The van der Waals surface area contributed by atoms with Gasteiger partial charge in [0.2, 0.25) is 5.95 Å². The zero-order valence-electron chi connectivity index (χ0n) is 13.3. The molecule has 0 saturated carbocycles. The van der Waals surface area contributed by atoms with Gasteiger partial charge in [-0.2, -0.15) is 0 Å². The Hall–Kier alpha value is 0.0416. The fourth-order valence-corrected chi connectivity index (χ4v) is 3.06. The smallest absolute Gasteiger partial charge is 0.228 e. The van der Waals surface area contributed by atoms with Crippen LogP contribution in [0.1, 0.15) is 11.1 Å². The van der Waals surface area contributed by atoms with Crippen molar-refractivity contribution in [3.05, 3.63) is 57.5 Å². The van der Waals surface area contributed by atoms with E-state index >= 15 is 0 Å². The normalized spacial score (nSPS) is 15.2. The summed E-state index contributed by atoms with van der Waals surface area (Å²) in [6, 6.07) is 9.82. The molecule has 1 aromatic carbocycles. The molecule has 1 aliphatic heterocycles. The third-order valence-corrected chi connectivity index (χ3v) is 4.33. The fraction of sp³-hybridized carbons (Fsp3) is 0.375. The third kappa shape index (κ3) is 5.52. The predicted octanol–water partition coefficient (Wildman–Crippen LogP) is 3.66. The number of halogens is 2. The molecule has 5 nitrogen and oxygen atoms in total. The van der Waals surface area contributed by atoms with Crippen LogP contribution in [0.4, 0.5) is 5.95 Å². The van der Waals surface area contributed by atoms with Crippen molar-refractivity contribution >= 4 is 29.2 Å². The molecule has 1 saturated heterocycles. The van der Waals surface area contributed by atoms with Crippen molar-refractivity contribution in [2.75, 3.05) is 31.1 Å².